The smallest absolute Gasteiger partial charge is 0.189 e. The molecule has 2 aliphatic heterocycles. The first-order valence-corrected chi connectivity index (χ1v) is 8.50. The molecular weight excluding hydrogens is 284 g/mol. The number of nitrogens with two attached hydrogens (primary N) is 1. The molecular formula is C16H24N2O2S. The molecule has 0 bridgehead atoms. The molecule has 0 amide bonds. The van der Waals surface area contributed by atoms with Gasteiger partial charge in [0.05, 0.1) is 6.61 Å². The fraction of sp³-hybridized carbons (Fsp3) is 0.625. The average molecular weight is 308 g/mol. The molecule has 3 rings (SSSR count). The van der Waals surface area contributed by atoms with Crippen molar-refractivity contribution in [1.82, 2.24) is 4.90 Å². The number of rotatable bonds is 2. The Morgan fingerprint density at radius 2 is 2.19 bits per heavy atom. The van der Waals surface area contributed by atoms with Gasteiger partial charge in [0, 0.05) is 40.4 Å². The van der Waals surface area contributed by atoms with E-state index in [1.165, 1.54) is 17.7 Å². The molecule has 4 nitrogen and oxygen atoms in total. The molecule has 1 aromatic carbocycles. The molecule has 1 aromatic rings. The summed E-state index contributed by atoms with van der Waals surface area (Å²) in [6.07, 6.45) is 1.21. The topological polar surface area (TPSA) is 47.7 Å². The number of hydrogen-bond donors (Lipinski definition) is 1. The fourth-order valence-electron chi connectivity index (χ4n) is 2.91. The summed E-state index contributed by atoms with van der Waals surface area (Å²) in [7, 11) is 0. The molecule has 0 aromatic heterocycles. The van der Waals surface area contributed by atoms with Gasteiger partial charge >= 0.3 is 0 Å². The molecule has 0 saturated carbocycles. The maximum absolute atomic E-state index is 6.03. The van der Waals surface area contributed by atoms with E-state index in [1.54, 1.807) is 0 Å². The zero-order valence-electron chi connectivity index (χ0n) is 12.9. The summed E-state index contributed by atoms with van der Waals surface area (Å²) in [5, 5.41) is 0. The highest BCUT2D eigenvalue weighted by Crippen LogP contribution is 2.34. The van der Waals surface area contributed by atoms with Gasteiger partial charge in [-0.25, -0.2) is 0 Å². The highest BCUT2D eigenvalue weighted by atomic mass is 32.2. The van der Waals surface area contributed by atoms with Gasteiger partial charge in [-0.3, -0.25) is 4.90 Å². The molecule has 5 heteroatoms. The van der Waals surface area contributed by atoms with Gasteiger partial charge in [-0.2, -0.15) is 11.8 Å². The second-order valence-electron chi connectivity index (χ2n) is 6.41. The maximum atomic E-state index is 6.03. The van der Waals surface area contributed by atoms with Gasteiger partial charge in [-0.05, 0) is 25.1 Å². The third kappa shape index (κ3) is 3.65. The lowest BCUT2D eigenvalue weighted by atomic mass is 10.1. The van der Waals surface area contributed by atoms with Crippen LogP contribution < -0.4 is 10.5 Å². The predicted molar refractivity (Wildman–Crippen MR) is 87.6 cm³/mol. The minimum atomic E-state index is 0.340. The van der Waals surface area contributed by atoms with E-state index in [4.69, 9.17) is 15.2 Å². The summed E-state index contributed by atoms with van der Waals surface area (Å²) in [4.78, 5) is 2.51. The van der Waals surface area contributed by atoms with E-state index >= 15 is 0 Å². The second kappa shape index (κ2) is 6.07. The van der Waals surface area contributed by atoms with Crippen LogP contribution in [0.2, 0.25) is 0 Å². The quantitative estimate of drug-likeness (QED) is 0.851. The van der Waals surface area contributed by atoms with Crippen molar-refractivity contribution >= 4 is 17.4 Å². The van der Waals surface area contributed by atoms with Crippen LogP contribution in [0.1, 0.15) is 31.4 Å². The van der Waals surface area contributed by atoms with E-state index in [-0.39, 0.29) is 0 Å². The Bertz CT molecular complexity index is 519. The van der Waals surface area contributed by atoms with E-state index < -0.39 is 0 Å². The molecule has 2 heterocycles. The van der Waals surface area contributed by atoms with Crippen LogP contribution in [-0.4, -0.2) is 35.3 Å². The van der Waals surface area contributed by atoms with Crippen LogP contribution in [-0.2, 0) is 17.9 Å². The zero-order valence-corrected chi connectivity index (χ0v) is 13.7. The fourth-order valence-corrected chi connectivity index (χ4v) is 4.04. The van der Waals surface area contributed by atoms with Crippen LogP contribution in [0.4, 0.5) is 5.69 Å². The molecule has 116 valence electrons. The third-order valence-corrected chi connectivity index (χ3v) is 5.51. The Hall–Kier alpha value is -0.910. The Labute approximate surface area is 131 Å². The van der Waals surface area contributed by atoms with Gasteiger partial charge in [0.2, 0.25) is 0 Å². The standard InChI is InChI=1S/C16H24N2O2S/c1-16(2)3-4-18(5-6-21-16)9-12-7-14(17)8-13-10-19-11-20-15(12)13/h7-8H,3-6,9-11,17H2,1-2H3. The first-order valence-electron chi connectivity index (χ1n) is 7.52. The Balaban J connectivity index is 1.77. The monoisotopic (exact) mass is 308 g/mol. The lowest BCUT2D eigenvalue weighted by molar-refractivity contribution is -0.0174. The number of thioether (sulfide) groups is 1. The summed E-state index contributed by atoms with van der Waals surface area (Å²) < 4.78 is 11.4. The van der Waals surface area contributed by atoms with E-state index in [2.05, 4.69) is 30.5 Å². The zero-order chi connectivity index (χ0) is 14.9. The highest BCUT2D eigenvalue weighted by Gasteiger charge is 2.25. The predicted octanol–water partition coefficient (Wildman–Crippen LogP) is 2.85. The van der Waals surface area contributed by atoms with Gasteiger partial charge in [-0.1, -0.05) is 13.8 Å². The van der Waals surface area contributed by atoms with Gasteiger partial charge in [0.25, 0.3) is 0 Å². The molecule has 2 N–H and O–H groups in total. The van der Waals surface area contributed by atoms with Crippen LogP contribution in [0.25, 0.3) is 0 Å². The lowest BCUT2D eigenvalue weighted by Crippen LogP contribution is -2.27. The van der Waals surface area contributed by atoms with Gasteiger partial charge in [-0.15, -0.1) is 0 Å². The first kappa shape index (κ1) is 15.0. The Morgan fingerprint density at radius 3 is 3.05 bits per heavy atom. The van der Waals surface area contributed by atoms with E-state index in [1.807, 2.05) is 12.1 Å². The minimum absolute atomic E-state index is 0.340. The summed E-state index contributed by atoms with van der Waals surface area (Å²) in [6.45, 7) is 8.76. The Kier molecular flexibility index (Phi) is 4.33. The molecule has 0 unspecified atom stereocenters. The number of anilines is 1. The highest BCUT2D eigenvalue weighted by molar-refractivity contribution is 8.00. The number of hydrogen-bond acceptors (Lipinski definition) is 5. The molecule has 0 spiro atoms. The van der Waals surface area contributed by atoms with Crippen molar-refractivity contribution in [2.75, 3.05) is 31.4 Å². The molecule has 1 saturated heterocycles. The second-order valence-corrected chi connectivity index (χ2v) is 8.22. The van der Waals surface area contributed by atoms with Crippen molar-refractivity contribution in [2.24, 2.45) is 0 Å². The van der Waals surface area contributed by atoms with Gasteiger partial charge < -0.3 is 15.2 Å². The molecule has 2 aliphatic rings. The van der Waals surface area contributed by atoms with Crippen molar-refractivity contribution in [2.45, 2.75) is 38.2 Å². The largest absolute Gasteiger partial charge is 0.467 e. The third-order valence-electron chi connectivity index (χ3n) is 4.13. The average Bonchev–Trinajstić information content (AvgIpc) is 2.60. The first-order chi connectivity index (χ1) is 10.0. The van der Waals surface area contributed by atoms with Crippen molar-refractivity contribution < 1.29 is 9.47 Å². The molecule has 0 aliphatic carbocycles. The van der Waals surface area contributed by atoms with E-state index in [0.29, 0.717) is 18.1 Å². The maximum Gasteiger partial charge on any atom is 0.189 e. The van der Waals surface area contributed by atoms with Gasteiger partial charge in [0.15, 0.2) is 6.79 Å². The number of nitrogen functional groups attached to an aromatic ring is 1. The summed E-state index contributed by atoms with van der Waals surface area (Å²) in [5.74, 6) is 2.16. The SMILES string of the molecule is CC1(C)CCN(Cc2cc(N)cc3c2OCOC3)CCS1. The lowest BCUT2D eigenvalue weighted by Gasteiger charge is -2.26. The molecule has 0 radical (unpaired) electrons. The minimum Gasteiger partial charge on any atom is -0.467 e. The Morgan fingerprint density at radius 1 is 1.33 bits per heavy atom. The van der Waals surface area contributed by atoms with Crippen LogP contribution in [0.3, 0.4) is 0 Å². The van der Waals surface area contributed by atoms with Crippen molar-refractivity contribution in [3.05, 3.63) is 23.3 Å². The number of benzene rings is 1. The van der Waals surface area contributed by atoms with Crippen LogP contribution >= 0.6 is 11.8 Å². The molecule has 1 fully saturated rings. The summed E-state index contributed by atoms with van der Waals surface area (Å²) in [5.41, 5.74) is 9.08. The van der Waals surface area contributed by atoms with Crippen molar-refractivity contribution in [1.29, 1.82) is 0 Å². The van der Waals surface area contributed by atoms with E-state index in [0.717, 1.165) is 36.6 Å². The number of fused-ring (bicyclic) bond motifs is 1. The van der Waals surface area contributed by atoms with Crippen LogP contribution in [0.15, 0.2) is 12.1 Å². The summed E-state index contributed by atoms with van der Waals surface area (Å²) in [6, 6.07) is 4.01. The number of ether oxygens (including phenoxy) is 2. The summed E-state index contributed by atoms with van der Waals surface area (Å²) >= 11 is 2.07. The number of nitrogens with zero attached hydrogens (tertiary/aromatic N) is 1. The van der Waals surface area contributed by atoms with Crippen LogP contribution in [0, 0.1) is 0 Å². The molecule has 21 heavy (non-hydrogen) atoms. The van der Waals surface area contributed by atoms with Gasteiger partial charge in [0.1, 0.15) is 5.75 Å². The normalized spacial score (nSPS) is 22.2. The van der Waals surface area contributed by atoms with Crippen molar-refractivity contribution in [3.8, 4) is 5.75 Å². The van der Waals surface area contributed by atoms with E-state index in [9.17, 15) is 0 Å². The molecule has 0 atom stereocenters. The van der Waals surface area contributed by atoms with Crippen molar-refractivity contribution in [3.63, 3.8) is 0 Å². The van der Waals surface area contributed by atoms with Crippen LogP contribution in [0.5, 0.6) is 5.75 Å².